The molecule has 0 aliphatic carbocycles. The minimum atomic E-state index is -1.35. The van der Waals surface area contributed by atoms with Crippen LogP contribution in [0.5, 0.6) is 11.6 Å². The molecule has 0 saturated carbocycles. The van der Waals surface area contributed by atoms with E-state index >= 15 is 0 Å². The number of thiophene rings is 1. The second kappa shape index (κ2) is 17.7. The van der Waals surface area contributed by atoms with E-state index in [0.29, 0.717) is 57.9 Å². The molecule has 3 saturated heterocycles. The molecule has 16 heteroatoms. The Morgan fingerprint density at radius 2 is 1.81 bits per heavy atom. The number of hydrogen-bond donors (Lipinski definition) is 1. The van der Waals surface area contributed by atoms with Crippen molar-refractivity contribution >= 4 is 45.1 Å². The van der Waals surface area contributed by atoms with E-state index in [-0.39, 0.29) is 36.9 Å². The van der Waals surface area contributed by atoms with Crippen LogP contribution >= 0.6 is 22.9 Å². The van der Waals surface area contributed by atoms with Crippen molar-refractivity contribution in [2.45, 2.75) is 57.7 Å². The summed E-state index contributed by atoms with van der Waals surface area (Å²) in [7, 11) is 2.16. The zero-order valence-electron chi connectivity index (χ0n) is 35.2. The van der Waals surface area contributed by atoms with Crippen LogP contribution in [0.2, 0.25) is 5.02 Å². The summed E-state index contributed by atoms with van der Waals surface area (Å²) in [5, 5.41) is 12.0. The summed E-state index contributed by atoms with van der Waals surface area (Å²) in [6.45, 7) is 10.5. The SMILES string of the molecule is Cc1c2ccc(c1Cl)CN(CCN1CCN(C)CC1)Cc1ccc(OCc3ccnc(N4C[C@@H]5C[C@H]4CO5)n3)c(c1)CC(C(=O)O)Oc1ncnc3sc(-c4ccc(F)cc4)c-2c13. The summed E-state index contributed by atoms with van der Waals surface area (Å²) in [5.74, 6) is -0.194. The molecular weight excluding hydrogens is 843 g/mol. The molecule has 3 aromatic heterocycles. The first kappa shape index (κ1) is 41.7. The molecule has 0 amide bonds. The molecule has 3 atom stereocenters. The van der Waals surface area contributed by atoms with Gasteiger partial charge in [0.15, 0.2) is 0 Å². The van der Waals surface area contributed by atoms with E-state index in [1.165, 1.54) is 29.8 Å². The number of carboxylic acids is 1. The standard InChI is InChI=1S/C47H48ClFN8O5S/c1-28-37-9-6-31(42(28)48)23-56(18-17-55-15-13-54(2)14-16-55)22-29-3-10-38(61-25-34-11-12-50-47(53-34)57-24-36-21-35(57)26-60-36)32(19-29)20-39(46(58)59)62-44-41-40(37)43(63-45(41)52-27-51-44)30-4-7-33(49)8-5-30/h3-12,19,27,35-36,39H,13-18,20-26H2,1-2H3,(H,58,59)/t35-,36-,39?/m0/s1. The molecule has 8 heterocycles. The Hall–Kier alpha value is -5.29. The van der Waals surface area contributed by atoms with Gasteiger partial charge in [-0.05, 0) is 78.0 Å². The largest absolute Gasteiger partial charge is 0.487 e. The van der Waals surface area contributed by atoms with Gasteiger partial charge >= 0.3 is 5.97 Å². The monoisotopic (exact) mass is 890 g/mol. The molecule has 5 aliphatic rings. The molecule has 326 valence electrons. The van der Waals surface area contributed by atoms with E-state index in [4.69, 9.17) is 30.8 Å². The topological polar surface area (TPSA) is 130 Å². The number of fused-ring (bicyclic) bond motifs is 8. The molecule has 11 rings (SSSR count). The van der Waals surface area contributed by atoms with E-state index in [1.807, 2.05) is 31.2 Å². The van der Waals surface area contributed by atoms with Crippen LogP contribution in [0.15, 0.2) is 73.2 Å². The fourth-order valence-corrected chi connectivity index (χ4v) is 10.6. The van der Waals surface area contributed by atoms with Gasteiger partial charge in [-0.3, -0.25) is 9.80 Å². The van der Waals surface area contributed by atoms with Crippen molar-refractivity contribution in [1.29, 1.82) is 0 Å². The number of carbonyl (C=O) groups is 1. The second-order valence-corrected chi connectivity index (χ2v) is 18.3. The predicted molar refractivity (Wildman–Crippen MR) is 240 cm³/mol. The first-order valence-electron chi connectivity index (χ1n) is 21.4. The number of aromatic nitrogens is 4. The Kier molecular flexibility index (Phi) is 11.7. The second-order valence-electron chi connectivity index (χ2n) is 17.0. The lowest BCUT2D eigenvalue weighted by Gasteiger charge is -2.34. The van der Waals surface area contributed by atoms with Gasteiger partial charge in [-0.15, -0.1) is 11.3 Å². The molecule has 5 aliphatic heterocycles. The number of piperazine rings is 1. The zero-order chi connectivity index (χ0) is 43.2. The number of rotatable bonds is 9. The maximum atomic E-state index is 14.3. The van der Waals surface area contributed by atoms with Crippen molar-refractivity contribution in [2.75, 3.05) is 64.4 Å². The van der Waals surface area contributed by atoms with Crippen LogP contribution in [0.4, 0.5) is 10.3 Å². The highest BCUT2D eigenvalue weighted by Gasteiger charge is 2.40. The Morgan fingerprint density at radius 1 is 0.984 bits per heavy atom. The smallest absolute Gasteiger partial charge is 0.345 e. The minimum absolute atomic E-state index is 0.0138. The summed E-state index contributed by atoms with van der Waals surface area (Å²) < 4.78 is 33.1. The highest BCUT2D eigenvalue weighted by molar-refractivity contribution is 7.22. The molecule has 1 N–H and O–H groups in total. The average molecular weight is 891 g/mol. The number of ether oxygens (including phenoxy) is 3. The molecule has 3 aromatic carbocycles. The van der Waals surface area contributed by atoms with E-state index in [0.717, 1.165) is 90.5 Å². The van der Waals surface area contributed by atoms with Crippen molar-refractivity contribution in [3.8, 4) is 33.2 Å². The maximum Gasteiger partial charge on any atom is 0.345 e. The molecule has 63 heavy (non-hydrogen) atoms. The number of hydrogen-bond acceptors (Lipinski definition) is 13. The van der Waals surface area contributed by atoms with E-state index in [9.17, 15) is 14.3 Å². The van der Waals surface area contributed by atoms with Crippen LogP contribution in [-0.2, 0) is 35.6 Å². The number of benzene rings is 3. The van der Waals surface area contributed by atoms with Gasteiger partial charge in [-0.2, -0.15) is 0 Å². The number of carboxylic acid groups (broad SMARTS) is 1. The normalized spacial score (nSPS) is 20.7. The van der Waals surface area contributed by atoms with Gasteiger partial charge in [0.05, 0.1) is 29.8 Å². The number of aliphatic carboxylic acids is 1. The first-order chi connectivity index (χ1) is 30.6. The molecule has 1 unspecified atom stereocenters. The maximum absolute atomic E-state index is 14.3. The van der Waals surface area contributed by atoms with Crippen molar-refractivity contribution in [3.05, 3.63) is 112 Å². The van der Waals surface area contributed by atoms with Crippen molar-refractivity contribution in [2.24, 2.45) is 0 Å². The number of nitrogens with zero attached hydrogens (tertiary/aromatic N) is 8. The quantitative estimate of drug-likeness (QED) is 0.159. The van der Waals surface area contributed by atoms with Crippen LogP contribution in [0, 0.1) is 12.7 Å². The molecule has 0 spiro atoms. The van der Waals surface area contributed by atoms with Crippen molar-refractivity contribution in [3.63, 3.8) is 0 Å². The molecule has 6 bridgehead atoms. The minimum Gasteiger partial charge on any atom is -0.487 e. The highest BCUT2D eigenvalue weighted by Crippen LogP contribution is 2.49. The Balaban J connectivity index is 1.05. The van der Waals surface area contributed by atoms with E-state index in [2.05, 4.69) is 53.7 Å². The van der Waals surface area contributed by atoms with Gasteiger partial charge in [-0.1, -0.05) is 48.0 Å². The fraction of sp³-hybridized carbons (Fsp3) is 0.383. The van der Waals surface area contributed by atoms with Gasteiger partial charge in [0.2, 0.25) is 17.9 Å². The third kappa shape index (κ3) is 8.70. The number of anilines is 1. The molecule has 0 radical (unpaired) electrons. The highest BCUT2D eigenvalue weighted by atomic mass is 35.5. The van der Waals surface area contributed by atoms with E-state index in [1.54, 1.807) is 18.3 Å². The van der Waals surface area contributed by atoms with Crippen LogP contribution in [0.3, 0.4) is 0 Å². The fourth-order valence-electron chi connectivity index (χ4n) is 9.20. The van der Waals surface area contributed by atoms with Gasteiger partial charge in [0, 0.05) is 87.0 Å². The summed E-state index contributed by atoms with van der Waals surface area (Å²) in [6, 6.07) is 18.6. The van der Waals surface area contributed by atoms with Crippen LogP contribution in [-0.4, -0.2) is 123 Å². The Bertz CT molecular complexity index is 2660. The summed E-state index contributed by atoms with van der Waals surface area (Å²) in [5.41, 5.74) is 6.58. The predicted octanol–water partition coefficient (Wildman–Crippen LogP) is 7.11. The molecule has 3 fully saturated rings. The molecule has 6 aromatic rings. The first-order valence-corrected chi connectivity index (χ1v) is 22.6. The van der Waals surface area contributed by atoms with Gasteiger partial charge in [0.1, 0.15) is 29.3 Å². The zero-order valence-corrected chi connectivity index (χ0v) is 36.7. The Labute approximate surface area is 374 Å². The summed E-state index contributed by atoms with van der Waals surface area (Å²) in [4.78, 5) is 42.8. The average Bonchev–Trinajstić information content (AvgIpc) is 4.03. The lowest BCUT2D eigenvalue weighted by molar-refractivity contribution is -0.145. The van der Waals surface area contributed by atoms with Crippen LogP contribution in [0.1, 0.15) is 34.4 Å². The third-order valence-corrected chi connectivity index (χ3v) is 14.4. The van der Waals surface area contributed by atoms with Gasteiger partial charge < -0.3 is 29.1 Å². The third-order valence-electron chi connectivity index (χ3n) is 12.7. The lowest BCUT2D eigenvalue weighted by Crippen LogP contribution is -2.46. The molecular formula is C47H48ClFN8O5S. The van der Waals surface area contributed by atoms with Crippen molar-refractivity contribution < 1.29 is 28.5 Å². The van der Waals surface area contributed by atoms with Crippen molar-refractivity contribution in [1.82, 2.24) is 34.6 Å². The van der Waals surface area contributed by atoms with E-state index < -0.39 is 12.1 Å². The lowest BCUT2D eigenvalue weighted by atomic mass is 9.94. The van der Waals surface area contributed by atoms with Gasteiger partial charge in [0.25, 0.3) is 0 Å². The number of halogens is 2. The Morgan fingerprint density at radius 3 is 2.59 bits per heavy atom. The number of likely N-dealkylation sites (N-methyl/N-ethyl adjacent to an activating group) is 1. The molecule has 13 nitrogen and oxygen atoms in total. The number of morpholine rings is 1. The summed E-state index contributed by atoms with van der Waals surface area (Å²) in [6.07, 6.45) is 2.95. The van der Waals surface area contributed by atoms with Crippen LogP contribution < -0.4 is 14.4 Å². The summed E-state index contributed by atoms with van der Waals surface area (Å²) >= 11 is 8.79. The van der Waals surface area contributed by atoms with Crippen LogP contribution in [0.25, 0.3) is 31.8 Å². The van der Waals surface area contributed by atoms with Gasteiger partial charge in [-0.25, -0.2) is 29.1 Å².